The van der Waals surface area contributed by atoms with Gasteiger partial charge >= 0.3 is 0 Å². The summed E-state index contributed by atoms with van der Waals surface area (Å²) in [6.07, 6.45) is -0.427. The number of aliphatic hydroxyl groups excluding tert-OH is 1. The molecule has 2 unspecified atom stereocenters. The molecule has 8 heteroatoms. The molecule has 1 aliphatic heterocycles. The van der Waals surface area contributed by atoms with Gasteiger partial charge in [0.05, 0.1) is 25.2 Å². The number of aryl methyl sites for hydroxylation is 1. The van der Waals surface area contributed by atoms with Gasteiger partial charge in [-0.25, -0.2) is 8.42 Å². The topological polar surface area (TPSA) is 79.3 Å². The third-order valence-electron chi connectivity index (χ3n) is 4.44. The fourth-order valence-corrected chi connectivity index (χ4v) is 5.12. The number of ether oxygens (including phenoxy) is 2. The maximum atomic E-state index is 13.2. The smallest absolute Gasteiger partial charge is 0.243 e. The second-order valence-corrected chi connectivity index (χ2v) is 8.41. The van der Waals surface area contributed by atoms with E-state index in [1.807, 2.05) is 6.92 Å². The third kappa shape index (κ3) is 4.25. The van der Waals surface area contributed by atoms with Crippen molar-refractivity contribution >= 4 is 10.0 Å². The fraction of sp³-hybridized carbons (Fsp3) is 0.647. The molecular formula is C17H28N2O5S. The largest absolute Gasteiger partial charge is 0.493 e. The van der Waals surface area contributed by atoms with Crippen molar-refractivity contribution in [3.05, 3.63) is 17.7 Å². The first-order valence-electron chi connectivity index (χ1n) is 8.35. The van der Waals surface area contributed by atoms with Crippen molar-refractivity contribution in [1.29, 1.82) is 0 Å². The van der Waals surface area contributed by atoms with Crippen LogP contribution in [0.25, 0.3) is 0 Å². The molecule has 0 aliphatic carbocycles. The lowest BCUT2D eigenvalue weighted by Gasteiger charge is -2.39. The second kappa shape index (κ2) is 7.90. The third-order valence-corrected chi connectivity index (χ3v) is 6.60. The van der Waals surface area contributed by atoms with E-state index in [0.29, 0.717) is 43.2 Å². The molecule has 0 saturated carbocycles. The van der Waals surface area contributed by atoms with E-state index in [-0.39, 0.29) is 10.9 Å². The van der Waals surface area contributed by atoms with Crippen molar-refractivity contribution < 1.29 is 23.0 Å². The van der Waals surface area contributed by atoms with Gasteiger partial charge < -0.3 is 14.6 Å². The normalized spacial score (nSPS) is 21.1. The molecule has 0 amide bonds. The van der Waals surface area contributed by atoms with E-state index >= 15 is 0 Å². The molecule has 1 heterocycles. The molecule has 0 radical (unpaired) electrons. The Bertz CT molecular complexity index is 705. The lowest BCUT2D eigenvalue weighted by Crippen LogP contribution is -2.54. The van der Waals surface area contributed by atoms with Crippen LogP contribution in [0.2, 0.25) is 0 Å². The van der Waals surface area contributed by atoms with Gasteiger partial charge in [-0.3, -0.25) is 4.90 Å². The van der Waals surface area contributed by atoms with Crippen molar-refractivity contribution in [2.24, 2.45) is 0 Å². The van der Waals surface area contributed by atoms with Crippen molar-refractivity contribution in [2.75, 3.05) is 40.4 Å². The van der Waals surface area contributed by atoms with Crippen molar-refractivity contribution in [1.82, 2.24) is 9.21 Å². The molecule has 7 nitrogen and oxygen atoms in total. The van der Waals surface area contributed by atoms with E-state index in [2.05, 4.69) is 4.90 Å². The van der Waals surface area contributed by atoms with Gasteiger partial charge in [-0.1, -0.05) is 0 Å². The van der Waals surface area contributed by atoms with Crippen LogP contribution in [-0.2, 0) is 10.0 Å². The van der Waals surface area contributed by atoms with E-state index in [0.717, 1.165) is 0 Å². The molecule has 1 aromatic rings. The number of sulfonamides is 1. The number of nitrogens with zero attached hydrogens (tertiary/aromatic N) is 2. The minimum atomic E-state index is -3.64. The highest BCUT2D eigenvalue weighted by molar-refractivity contribution is 7.89. The van der Waals surface area contributed by atoms with Gasteiger partial charge in [-0.15, -0.1) is 0 Å². The monoisotopic (exact) mass is 372 g/mol. The number of hydrogen-bond donors (Lipinski definition) is 1. The number of piperazine rings is 1. The van der Waals surface area contributed by atoms with Crippen LogP contribution in [0.1, 0.15) is 19.4 Å². The van der Waals surface area contributed by atoms with Gasteiger partial charge in [0.2, 0.25) is 10.0 Å². The average molecular weight is 372 g/mol. The predicted molar refractivity (Wildman–Crippen MR) is 95.8 cm³/mol. The summed E-state index contributed by atoms with van der Waals surface area (Å²) in [6.45, 7) is 7.51. The Morgan fingerprint density at radius 3 is 2.36 bits per heavy atom. The van der Waals surface area contributed by atoms with Crippen molar-refractivity contribution in [3.63, 3.8) is 0 Å². The zero-order chi connectivity index (χ0) is 18.8. The van der Waals surface area contributed by atoms with Crippen LogP contribution in [0.15, 0.2) is 17.0 Å². The number of methoxy groups -OCH3 is 2. The van der Waals surface area contributed by atoms with Crippen LogP contribution >= 0.6 is 0 Å². The Morgan fingerprint density at radius 2 is 1.84 bits per heavy atom. The zero-order valence-corrected chi connectivity index (χ0v) is 16.3. The molecule has 25 heavy (non-hydrogen) atoms. The lowest BCUT2D eigenvalue weighted by molar-refractivity contribution is 0.0840. The highest BCUT2D eigenvalue weighted by Gasteiger charge is 2.35. The minimum absolute atomic E-state index is 0.176. The quantitative estimate of drug-likeness (QED) is 0.805. The summed E-state index contributed by atoms with van der Waals surface area (Å²) in [5.41, 5.74) is 0.622. The van der Waals surface area contributed by atoms with Gasteiger partial charge in [0.25, 0.3) is 0 Å². The SMILES string of the molecule is COc1cc(C)c(S(=O)(=O)N2CCN(CC(C)O)CC2C)cc1OC. The summed E-state index contributed by atoms with van der Waals surface area (Å²) in [4.78, 5) is 2.32. The number of aliphatic hydroxyl groups is 1. The molecule has 0 aromatic heterocycles. The molecule has 2 rings (SSSR count). The zero-order valence-electron chi connectivity index (χ0n) is 15.5. The maximum Gasteiger partial charge on any atom is 0.243 e. The Hall–Kier alpha value is -1.35. The molecule has 2 atom stereocenters. The Labute approximate surface area is 150 Å². The van der Waals surface area contributed by atoms with Crippen LogP contribution in [0.3, 0.4) is 0 Å². The van der Waals surface area contributed by atoms with E-state index in [4.69, 9.17) is 9.47 Å². The van der Waals surface area contributed by atoms with Crippen LogP contribution in [0, 0.1) is 6.92 Å². The second-order valence-electron chi connectivity index (χ2n) is 6.55. The van der Waals surface area contributed by atoms with Gasteiger partial charge in [0, 0.05) is 38.3 Å². The Morgan fingerprint density at radius 1 is 1.24 bits per heavy atom. The molecule has 1 fully saturated rings. The molecule has 1 aliphatic rings. The average Bonchev–Trinajstić information content (AvgIpc) is 2.53. The minimum Gasteiger partial charge on any atom is -0.493 e. The fourth-order valence-electron chi connectivity index (χ4n) is 3.28. The van der Waals surface area contributed by atoms with Crippen molar-refractivity contribution in [3.8, 4) is 11.5 Å². The molecule has 1 N–H and O–H groups in total. The van der Waals surface area contributed by atoms with Gasteiger partial charge in [-0.2, -0.15) is 4.31 Å². The van der Waals surface area contributed by atoms with E-state index < -0.39 is 16.1 Å². The molecular weight excluding hydrogens is 344 g/mol. The summed E-state index contributed by atoms with van der Waals surface area (Å²) >= 11 is 0. The van der Waals surface area contributed by atoms with E-state index in [9.17, 15) is 13.5 Å². The first kappa shape index (κ1) is 20.0. The highest BCUT2D eigenvalue weighted by atomic mass is 32.2. The van der Waals surface area contributed by atoms with Gasteiger partial charge in [0.15, 0.2) is 11.5 Å². The summed E-state index contributed by atoms with van der Waals surface area (Å²) < 4.78 is 38.4. The molecule has 142 valence electrons. The molecule has 0 bridgehead atoms. The first-order valence-corrected chi connectivity index (χ1v) is 9.79. The summed E-state index contributed by atoms with van der Waals surface area (Å²) in [7, 11) is -0.633. The Kier molecular flexibility index (Phi) is 6.31. The highest BCUT2D eigenvalue weighted by Crippen LogP contribution is 2.34. The maximum absolute atomic E-state index is 13.2. The standard InChI is InChI=1S/C17H28N2O5S/c1-12-8-15(23-4)16(24-5)9-17(12)25(21,22)19-7-6-18(10-13(19)2)11-14(3)20/h8-9,13-14,20H,6-7,10-11H2,1-5H3. The van der Waals surface area contributed by atoms with Crippen LogP contribution < -0.4 is 9.47 Å². The molecule has 1 saturated heterocycles. The van der Waals surface area contributed by atoms with Crippen LogP contribution in [-0.4, -0.2) is 75.3 Å². The molecule has 0 spiro atoms. The summed E-state index contributed by atoms with van der Waals surface area (Å²) in [5, 5.41) is 9.54. The summed E-state index contributed by atoms with van der Waals surface area (Å²) in [5.74, 6) is 0.904. The first-order chi connectivity index (χ1) is 11.7. The number of rotatable bonds is 6. The predicted octanol–water partition coefficient (Wildman–Crippen LogP) is 1.09. The number of benzene rings is 1. The number of β-amino-alcohol motifs (C(OH)–C–C–N with tert-alkyl or cyclic N) is 1. The van der Waals surface area contributed by atoms with E-state index in [1.54, 1.807) is 19.9 Å². The van der Waals surface area contributed by atoms with Crippen molar-refractivity contribution in [2.45, 2.75) is 37.8 Å². The van der Waals surface area contributed by atoms with Crippen LogP contribution in [0.4, 0.5) is 0 Å². The lowest BCUT2D eigenvalue weighted by atomic mass is 10.2. The summed E-state index contributed by atoms with van der Waals surface area (Å²) in [6, 6.07) is 3.03. The molecule has 1 aromatic carbocycles. The van der Waals surface area contributed by atoms with Crippen LogP contribution in [0.5, 0.6) is 11.5 Å². The van der Waals surface area contributed by atoms with E-state index in [1.165, 1.54) is 24.6 Å². The number of hydrogen-bond acceptors (Lipinski definition) is 6. The van der Waals surface area contributed by atoms with Gasteiger partial charge in [-0.05, 0) is 32.4 Å². The van der Waals surface area contributed by atoms with Gasteiger partial charge in [0.1, 0.15) is 0 Å². The Balaban J connectivity index is 2.30.